The van der Waals surface area contributed by atoms with Gasteiger partial charge in [-0.25, -0.2) is 8.78 Å². The van der Waals surface area contributed by atoms with Crippen molar-refractivity contribution in [3.63, 3.8) is 0 Å². The van der Waals surface area contributed by atoms with Crippen LogP contribution in [0.15, 0.2) is 28.8 Å². The molecular formula is C19H23F2N3O3. The number of halogens is 2. The number of hydrogen-bond donors (Lipinski definition) is 0. The zero-order valence-corrected chi connectivity index (χ0v) is 15.5. The Bertz CT molecular complexity index is 796. The van der Waals surface area contributed by atoms with Gasteiger partial charge in [-0.3, -0.25) is 4.79 Å². The molecule has 0 aliphatic carbocycles. The molecule has 1 aliphatic rings. The third kappa shape index (κ3) is 4.82. The Hall–Kier alpha value is -2.48. The van der Waals surface area contributed by atoms with E-state index in [0.717, 1.165) is 25.1 Å². The predicted molar refractivity (Wildman–Crippen MR) is 94.4 cm³/mol. The molecule has 27 heavy (non-hydrogen) atoms. The molecule has 0 spiro atoms. The zero-order valence-electron chi connectivity index (χ0n) is 15.5. The molecule has 6 nitrogen and oxygen atoms in total. The van der Waals surface area contributed by atoms with Gasteiger partial charge in [0.1, 0.15) is 12.4 Å². The fourth-order valence-corrected chi connectivity index (χ4v) is 3.19. The summed E-state index contributed by atoms with van der Waals surface area (Å²) in [4.78, 5) is 16.5. The number of aromatic nitrogens is 1. The molecule has 0 N–H and O–H groups in total. The van der Waals surface area contributed by atoms with E-state index in [9.17, 15) is 13.6 Å². The first-order valence-corrected chi connectivity index (χ1v) is 8.93. The minimum atomic E-state index is -0.804. The largest absolute Gasteiger partial charge is 0.482 e. The molecule has 0 saturated carbocycles. The first-order valence-electron chi connectivity index (χ1n) is 8.93. The summed E-state index contributed by atoms with van der Waals surface area (Å²) in [7, 11) is 3.81. The van der Waals surface area contributed by atoms with Gasteiger partial charge < -0.3 is 19.1 Å². The topological polar surface area (TPSA) is 58.8 Å². The molecule has 2 heterocycles. The number of rotatable bonds is 6. The van der Waals surface area contributed by atoms with Gasteiger partial charge in [0.05, 0.1) is 0 Å². The van der Waals surface area contributed by atoms with Crippen LogP contribution in [0.1, 0.15) is 35.5 Å². The number of benzene rings is 1. The number of hydrogen-bond acceptors (Lipinski definition) is 5. The van der Waals surface area contributed by atoms with Gasteiger partial charge in [-0.1, -0.05) is 11.6 Å². The predicted octanol–water partition coefficient (Wildman–Crippen LogP) is 3.09. The monoisotopic (exact) mass is 379 g/mol. The van der Waals surface area contributed by atoms with Gasteiger partial charge in [0.2, 0.25) is 0 Å². The average molecular weight is 379 g/mol. The van der Waals surface area contributed by atoms with Gasteiger partial charge in [0.25, 0.3) is 5.91 Å². The van der Waals surface area contributed by atoms with E-state index in [4.69, 9.17) is 9.26 Å². The summed E-state index contributed by atoms with van der Waals surface area (Å²) in [6.45, 7) is 1.55. The summed E-state index contributed by atoms with van der Waals surface area (Å²) in [6, 6.07) is 4.85. The maximum atomic E-state index is 13.6. The molecule has 1 aromatic carbocycles. The van der Waals surface area contributed by atoms with Crippen LogP contribution in [0.4, 0.5) is 8.78 Å². The number of likely N-dealkylation sites (tertiary alicyclic amines) is 1. The molecule has 1 amide bonds. The van der Waals surface area contributed by atoms with Crippen molar-refractivity contribution in [2.24, 2.45) is 0 Å². The van der Waals surface area contributed by atoms with E-state index in [1.807, 2.05) is 0 Å². The van der Waals surface area contributed by atoms with Gasteiger partial charge in [0, 0.05) is 31.8 Å². The third-order valence-corrected chi connectivity index (χ3v) is 4.79. The highest BCUT2D eigenvalue weighted by molar-refractivity contribution is 5.92. The van der Waals surface area contributed by atoms with Crippen molar-refractivity contribution in [3.8, 4) is 5.75 Å². The van der Waals surface area contributed by atoms with Crippen LogP contribution in [0.3, 0.4) is 0 Å². The molecule has 8 heteroatoms. The van der Waals surface area contributed by atoms with Crippen LogP contribution in [0.2, 0.25) is 0 Å². The lowest BCUT2D eigenvalue weighted by Gasteiger charge is -2.34. The van der Waals surface area contributed by atoms with Crippen molar-refractivity contribution in [2.75, 3.05) is 27.2 Å². The molecule has 146 valence electrons. The third-order valence-electron chi connectivity index (χ3n) is 4.79. The summed E-state index contributed by atoms with van der Waals surface area (Å²) in [6.07, 6.45) is 3.42. The minimum Gasteiger partial charge on any atom is -0.482 e. The summed E-state index contributed by atoms with van der Waals surface area (Å²) in [5, 5.41) is 3.78. The lowest BCUT2D eigenvalue weighted by molar-refractivity contribution is 0.0707. The summed E-state index contributed by atoms with van der Waals surface area (Å²) in [5.74, 6) is -1.54. The second kappa shape index (κ2) is 8.47. The maximum absolute atomic E-state index is 13.6. The van der Waals surface area contributed by atoms with E-state index in [0.29, 0.717) is 12.6 Å². The van der Waals surface area contributed by atoms with Crippen molar-refractivity contribution < 1.29 is 22.8 Å². The second-order valence-electron chi connectivity index (χ2n) is 6.86. The van der Waals surface area contributed by atoms with Crippen LogP contribution in [-0.4, -0.2) is 54.1 Å². The molecule has 1 aromatic heterocycles. The number of carbonyl (C=O) groups is 1. The van der Waals surface area contributed by atoms with Gasteiger partial charge in [-0.2, -0.15) is 0 Å². The smallest absolute Gasteiger partial charge is 0.275 e. The van der Waals surface area contributed by atoms with E-state index in [2.05, 4.69) is 17.1 Å². The normalized spacial score (nSPS) is 17.7. The van der Waals surface area contributed by atoms with Crippen molar-refractivity contribution >= 4 is 5.91 Å². The van der Waals surface area contributed by atoms with Crippen molar-refractivity contribution in [1.82, 2.24) is 15.0 Å². The van der Waals surface area contributed by atoms with Gasteiger partial charge in [-0.05, 0) is 38.6 Å². The van der Waals surface area contributed by atoms with Crippen molar-refractivity contribution in [3.05, 3.63) is 47.4 Å². The van der Waals surface area contributed by atoms with Crippen LogP contribution >= 0.6 is 0 Å². The Labute approximate surface area is 156 Å². The van der Waals surface area contributed by atoms with E-state index < -0.39 is 11.6 Å². The SMILES string of the molecule is CN(C[C@@H]1CCCCN1C)C(=O)c1cc(COc2ccc(F)cc2F)on1. The van der Waals surface area contributed by atoms with Crippen molar-refractivity contribution in [2.45, 2.75) is 31.9 Å². The van der Waals surface area contributed by atoms with Crippen LogP contribution < -0.4 is 4.74 Å². The van der Waals surface area contributed by atoms with Crippen molar-refractivity contribution in [1.29, 1.82) is 0 Å². The minimum absolute atomic E-state index is 0.0990. The van der Waals surface area contributed by atoms with Gasteiger partial charge in [0.15, 0.2) is 23.0 Å². The first-order chi connectivity index (χ1) is 12.9. The van der Waals surface area contributed by atoms with Gasteiger partial charge in [-0.15, -0.1) is 0 Å². The van der Waals surface area contributed by atoms with E-state index in [-0.39, 0.29) is 29.7 Å². The summed E-state index contributed by atoms with van der Waals surface area (Å²) in [5.41, 5.74) is 0.175. The molecular weight excluding hydrogens is 356 g/mol. The second-order valence-corrected chi connectivity index (χ2v) is 6.86. The Morgan fingerprint density at radius 1 is 1.37 bits per heavy atom. The number of piperidine rings is 1. The lowest BCUT2D eigenvalue weighted by atomic mass is 10.0. The van der Waals surface area contributed by atoms with Crippen LogP contribution in [-0.2, 0) is 6.61 Å². The van der Waals surface area contributed by atoms with Crippen LogP contribution in [0.25, 0.3) is 0 Å². The molecule has 3 rings (SSSR count). The number of carbonyl (C=O) groups excluding carboxylic acids is 1. The average Bonchev–Trinajstić information content (AvgIpc) is 3.11. The number of nitrogens with zero attached hydrogens (tertiary/aromatic N) is 3. The fourth-order valence-electron chi connectivity index (χ4n) is 3.19. The Morgan fingerprint density at radius 3 is 2.93 bits per heavy atom. The molecule has 0 radical (unpaired) electrons. The summed E-state index contributed by atoms with van der Waals surface area (Å²) < 4.78 is 36.8. The number of ether oxygens (including phenoxy) is 1. The van der Waals surface area contributed by atoms with Crippen LogP contribution in [0.5, 0.6) is 5.75 Å². The first kappa shape index (κ1) is 19.3. The lowest BCUT2D eigenvalue weighted by Crippen LogP contribution is -2.45. The van der Waals surface area contributed by atoms with Gasteiger partial charge >= 0.3 is 0 Å². The fraction of sp³-hybridized carbons (Fsp3) is 0.474. The standard InChI is InChI=1S/C19H23F2N3O3/c1-23-8-4-3-5-14(23)11-24(2)19(25)17-10-15(27-22-17)12-26-18-7-6-13(20)9-16(18)21/h6-7,9-10,14H,3-5,8,11-12H2,1-2H3/t14-/m0/s1. The Morgan fingerprint density at radius 2 is 2.19 bits per heavy atom. The molecule has 1 aliphatic heterocycles. The highest BCUT2D eigenvalue weighted by Gasteiger charge is 2.24. The molecule has 1 atom stereocenters. The summed E-state index contributed by atoms with van der Waals surface area (Å²) >= 11 is 0. The van der Waals surface area contributed by atoms with Crippen LogP contribution in [0, 0.1) is 11.6 Å². The quantitative estimate of drug-likeness (QED) is 0.772. The highest BCUT2D eigenvalue weighted by atomic mass is 19.1. The number of amides is 1. The molecule has 2 aromatic rings. The number of likely N-dealkylation sites (N-methyl/N-ethyl adjacent to an activating group) is 2. The Kier molecular flexibility index (Phi) is 6.05. The molecule has 1 saturated heterocycles. The Balaban J connectivity index is 1.56. The zero-order chi connectivity index (χ0) is 19.4. The van der Waals surface area contributed by atoms with E-state index >= 15 is 0 Å². The maximum Gasteiger partial charge on any atom is 0.275 e. The molecule has 0 unspecified atom stereocenters. The van der Waals surface area contributed by atoms with E-state index in [1.165, 1.54) is 25.0 Å². The molecule has 1 fully saturated rings. The van der Waals surface area contributed by atoms with E-state index in [1.54, 1.807) is 11.9 Å². The highest BCUT2D eigenvalue weighted by Crippen LogP contribution is 2.20. The molecule has 0 bridgehead atoms.